The zero-order valence-corrected chi connectivity index (χ0v) is 7.62. The molecule has 0 saturated carbocycles. The molecule has 1 heteroatoms. The van der Waals surface area contributed by atoms with Gasteiger partial charge in [0.25, 0.3) is 0 Å². The van der Waals surface area contributed by atoms with Gasteiger partial charge in [-0.3, -0.25) is 0 Å². The van der Waals surface area contributed by atoms with Crippen LogP contribution >= 0.6 is 0 Å². The van der Waals surface area contributed by atoms with Crippen molar-refractivity contribution in [2.24, 2.45) is 5.92 Å². The van der Waals surface area contributed by atoms with Crippen molar-refractivity contribution in [1.82, 2.24) is 0 Å². The summed E-state index contributed by atoms with van der Waals surface area (Å²) < 4.78 is 0. The highest BCUT2D eigenvalue weighted by molar-refractivity contribution is 5.16. The van der Waals surface area contributed by atoms with E-state index >= 15 is 0 Å². The van der Waals surface area contributed by atoms with E-state index in [1.807, 2.05) is 24.3 Å². The normalized spacial score (nSPS) is 13.3. The zero-order valence-electron chi connectivity index (χ0n) is 7.62. The van der Waals surface area contributed by atoms with Crippen molar-refractivity contribution >= 4 is 0 Å². The third-order valence-electron chi connectivity index (χ3n) is 1.82. The average molecular weight is 163 g/mol. The Bertz CT molecular complexity index is 216. The SMILES string of the molecule is CC(C)CC(O)c1cc[c]cc1. The molecule has 1 aromatic carbocycles. The Morgan fingerprint density at radius 3 is 2.42 bits per heavy atom. The van der Waals surface area contributed by atoms with Gasteiger partial charge >= 0.3 is 0 Å². The number of aliphatic hydroxyl groups is 1. The molecular weight excluding hydrogens is 148 g/mol. The Labute approximate surface area is 74.1 Å². The summed E-state index contributed by atoms with van der Waals surface area (Å²) in [5.41, 5.74) is 0.988. The zero-order chi connectivity index (χ0) is 8.97. The van der Waals surface area contributed by atoms with Crippen LogP contribution in [0.5, 0.6) is 0 Å². The summed E-state index contributed by atoms with van der Waals surface area (Å²) in [6.07, 6.45) is 0.504. The van der Waals surface area contributed by atoms with Crippen molar-refractivity contribution in [3.63, 3.8) is 0 Å². The second-order valence-electron chi connectivity index (χ2n) is 3.48. The molecule has 0 saturated heterocycles. The van der Waals surface area contributed by atoms with Crippen LogP contribution in [0.1, 0.15) is 31.9 Å². The largest absolute Gasteiger partial charge is 0.388 e. The van der Waals surface area contributed by atoms with Crippen molar-refractivity contribution in [2.75, 3.05) is 0 Å². The Kier molecular flexibility index (Phi) is 3.30. The predicted molar refractivity (Wildman–Crippen MR) is 49.7 cm³/mol. The van der Waals surface area contributed by atoms with E-state index < -0.39 is 0 Å². The van der Waals surface area contributed by atoms with Crippen LogP contribution in [0.25, 0.3) is 0 Å². The Hall–Kier alpha value is -0.820. The first-order chi connectivity index (χ1) is 5.70. The predicted octanol–water partition coefficient (Wildman–Crippen LogP) is 2.57. The molecule has 1 radical (unpaired) electrons. The van der Waals surface area contributed by atoms with Crippen LogP contribution < -0.4 is 0 Å². The lowest BCUT2D eigenvalue weighted by atomic mass is 10.00. The van der Waals surface area contributed by atoms with E-state index in [9.17, 15) is 5.11 Å². The molecule has 1 atom stereocenters. The van der Waals surface area contributed by atoms with Gasteiger partial charge in [-0.15, -0.1) is 0 Å². The second-order valence-corrected chi connectivity index (χ2v) is 3.48. The summed E-state index contributed by atoms with van der Waals surface area (Å²) in [6.45, 7) is 4.22. The van der Waals surface area contributed by atoms with Gasteiger partial charge in [0.1, 0.15) is 0 Å². The molecule has 0 fully saturated rings. The van der Waals surface area contributed by atoms with Gasteiger partial charge in [-0.05, 0) is 24.0 Å². The van der Waals surface area contributed by atoms with Crippen LogP contribution in [0.2, 0.25) is 0 Å². The summed E-state index contributed by atoms with van der Waals surface area (Å²) in [4.78, 5) is 0. The van der Waals surface area contributed by atoms with E-state index in [0.717, 1.165) is 12.0 Å². The van der Waals surface area contributed by atoms with E-state index in [2.05, 4.69) is 19.9 Å². The van der Waals surface area contributed by atoms with Gasteiger partial charge in [0.05, 0.1) is 6.10 Å². The molecule has 0 aliphatic carbocycles. The number of benzene rings is 1. The Morgan fingerprint density at radius 2 is 1.92 bits per heavy atom. The van der Waals surface area contributed by atoms with Gasteiger partial charge in [0, 0.05) is 0 Å². The van der Waals surface area contributed by atoms with Crippen LogP contribution in [-0.4, -0.2) is 5.11 Å². The van der Waals surface area contributed by atoms with Gasteiger partial charge in [0.2, 0.25) is 0 Å². The third-order valence-corrected chi connectivity index (χ3v) is 1.82. The summed E-state index contributed by atoms with van der Waals surface area (Å²) in [5.74, 6) is 0.532. The maximum absolute atomic E-state index is 9.68. The molecule has 1 aromatic rings. The van der Waals surface area contributed by atoms with E-state index in [0.29, 0.717) is 5.92 Å². The molecule has 0 aliphatic heterocycles. The van der Waals surface area contributed by atoms with Crippen LogP contribution in [0.4, 0.5) is 0 Å². The quantitative estimate of drug-likeness (QED) is 0.726. The van der Waals surface area contributed by atoms with Crippen LogP contribution in [0.3, 0.4) is 0 Å². The first-order valence-electron chi connectivity index (χ1n) is 4.34. The molecule has 0 heterocycles. The van der Waals surface area contributed by atoms with E-state index in [1.165, 1.54) is 0 Å². The highest BCUT2D eigenvalue weighted by Crippen LogP contribution is 2.19. The van der Waals surface area contributed by atoms with Crippen molar-refractivity contribution in [3.05, 3.63) is 35.9 Å². The monoisotopic (exact) mass is 163 g/mol. The van der Waals surface area contributed by atoms with Crippen LogP contribution in [0.15, 0.2) is 24.3 Å². The van der Waals surface area contributed by atoms with Gasteiger partial charge in [0.15, 0.2) is 0 Å². The molecule has 0 aliphatic rings. The standard InChI is InChI=1S/C11H15O/c1-9(2)8-11(12)10-6-4-3-5-7-10/h4-7,9,11-12H,8H2,1-2H3. The first-order valence-corrected chi connectivity index (χ1v) is 4.34. The smallest absolute Gasteiger partial charge is 0.0792 e. The summed E-state index contributed by atoms with van der Waals surface area (Å²) in [6, 6.07) is 10.4. The first kappa shape index (κ1) is 9.27. The van der Waals surface area contributed by atoms with Crippen molar-refractivity contribution in [1.29, 1.82) is 0 Å². The fourth-order valence-corrected chi connectivity index (χ4v) is 1.20. The van der Waals surface area contributed by atoms with Crippen LogP contribution in [-0.2, 0) is 0 Å². The lowest BCUT2D eigenvalue weighted by molar-refractivity contribution is 0.151. The number of hydrogen-bond donors (Lipinski definition) is 1. The maximum atomic E-state index is 9.68. The van der Waals surface area contributed by atoms with E-state index in [-0.39, 0.29) is 6.10 Å². The highest BCUT2D eigenvalue weighted by atomic mass is 16.3. The van der Waals surface area contributed by atoms with Crippen molar-refractivity contribution < 1.29 is 5.11 Å². The fraction of sp³-hybridized carbons (Fsp3) is 0.455. The fourth-order valence-electron chi connectivity index (χ4n) is 1.20. The molecule has 0 bridgehead atoms. The van der Waals surface area contributed by atoms with Gasteiger partial charge in [-0.1, -0.05) is 38.1 Å². The third kappa shape index (κ3) is 2.67. The van der Waals surface area contributed by atoms with E-state index in [4.69, 9.17) is 0 Å². The van der Waals surface area contributed by atoms with Crippen molar-refractivity contribution in [2.45, 2.75) is 26.4 Å². The van der Waals surface area contributed by atoms with Crippen LogP contribution in [0, 0.1) is 12.0 Å². The second kappa shape index (κ2) is 4.27. The Morgan fingerprint density at radius 1 is 1.33 bits per heavy atom. The molecule has 1 N–H and O–H groups in total. The summed E-state index contributed by atoms with van der Waals surface area (Å²) in [5, 5.41) is 9.68. The minimum absolute atomic E-state index is 0.320. The maximum Gasteiger partial charge on any atom is 0.0792 e. The Balaban J connectivity index is 2.59. The van der Waals surface area contributed by atoms with Gasteiger partial charge in [-0.25, -0.2) is 0 Å². The van der Waals surface area contributed by atoms with Crippen molar-refractivity contribution in [3.8, 4) is 0 Å². The average Bonchev–Trinajstić information content (AvgIpc) is 2.05. The lowest BCUT2D eigenvalue weighted by Gasteiger charge is -2.12. The molecule has 1 unspecified atom stereocenters. The number of aliphatic hydroxyl groups excluding tert-OH is 1. The topological polar surface area (TPSA) is 20.2 Å². The molecule has 1 nitrogen and oxygen atoms in total. The lowest BCUT2D eigenvalue weighted by Crippen LogP contribution is -2.01. The molecule has 0 spiro atoms. The summed E-state index contributed by atoms with van der Waals surface area (Å²) >= 11 is 0. The molecule has 0 aromatic heterocycles. The van der Waals surface area contributed by atoms with E-state index in [1.54, 1.807) is 0 Å². The van der Waals surface area contributed by atoms with Gasteiger partial charge < -0.3 is 5.11 Å². The number of hydrogen-bond acceptors (Lipinski definition) is 1. The number of rotatable bonds is 3. The molecular formula is C11H15O. The van der Waals surface area contributed by atoms with Gasteiger partial charge in [-0.2, -0.15) is 0 Å². The molecule has 0 amide bonds. The molecule has 65 valence electrons. The minimum Gasteiger partial charge on any atom is -0.388 e. The minimum atomic E-state index is -0.320. The molecule has 1 rings (SSSR count). The molecule has 12 heavy (non-hydrogen) atoms. The summed E-state index contributed by atoms with van der Waals surface area (Å²) in [7, 11) is 0. The highest BCUT2D eigenvalue weighted by Gasteiger charge is 2.07.